The molecule has 6 N–H and O–H groups in total. The third-order valence-corrected chi connectivity index (χ3v) is 3.81. The van der Waals surface area contributed by atoms with E-state index < -0.39 is 22.8 Å². The van der Waals surface area contributed by atoms with Crippen molar-refractivity contribution in [1.82, 2.24) is 8.75 Å². The quantitative estimate of drug-likeness (QED) is 0.555. The first-order valence-corrected chi connectivity index (χ1v) is 8.15. The van der Waals surface area contributed by atoms with Gasteiger partial charge in [-0.2, -0.15) is 0 Å². The van der Waals surface area contributed by atoms with Crippen molar-refractivity contribution in [3.05, 3.63) is 35.3 Å². The summed E-state index contributed by atoms with van der Waals surface area (Å²) in [6.45, 7) is 3.85. The zero-order valence-electron chi connectivity index (χ0n) is 13.0. The minimum atomic E-state index is -1.59. The number of nitrogen functional groups attached to an aromatic ring is 1. The van der Waals surface area contributed by atoms with Gasteiger partial charge in [0.15, 0.2) is 11.1 Å². The fourth-order valence-electron chi connectivity index (χ4n) is 1.96. The van der Waals surface area contributed by atoms with Crippen molar-refractivity contribution < 1.29 is 14.4 Å². The topological polar surface area (TPSA) is 146 Å². The van der Waals surface area contributed by atoms with Gasteiger partial charge in [0.05, 0.1) is 6.54 Å². The van der Waals surface area contributed by atoms with E-state index in [1.165, 1.54) is 0 Å². The number of aliphatic hydroxyl groups is 1. The van der Waals surface area contributed by atoms with Crippen molar-refractivity contribution in [3.63, 3.8) is 0 Å². The molecule has 8 nitrogen and oxygen atoms in total. The Hall–Kier alpha value is -1.94. The van der Waals surface area contributed by atoms with Crippen LogP contribution in [0, 0.1) is 0 Å². The first-order valence-electron chi connectivity index (χ1n) is 7.04. The lowest BCUT2D eigenvalue weighted by atomic mass is 9.95. The number of nitrogens with one attached hydrogen (secondary N) is 1. The van der Waals surface area contributed by atoms with E-state index in [2.05, 4.69) is 13.7 Å². The fourth-order valence-corrected chi connectivity index (χ4v) is 2.61. The molecule has 0 spiro atoms. The number of aliphatic hydroxyl groups excluding tert-OH is 1. The number of anilines is 1. The van der Waals surface area contributed by atoms with Crippen molar-refractivity contribution in [2.24, 2.45) is 10.7 Å². The Labute approximate surface area is 136 Å². The molecule has 9 heteroatoms. The predicted molar refractivity (Wildman–Crippen MR) is 87.2 cm³/mol. The van der Waals surface area contributed by atoms with Crippen LogP contribution in [0.4, 0.5) is 5.82 Å². The van der Waals surface area contributed by atoms with E-state index in [-0.39, 0.29) is 24.5 Å². The standard InChI is InChI=1S/C14H21N5O3S/c1-14(2,16)10-5-3-4-6-11(10)22-8-9(20)7-17-13-12(15)18-23(21)19-13/h3-6,9,20H,7-8,16H2,1-2H3,(H2,15,18)(H,17,19). The van der Waals surface area contributed by atoms with Crippen molar-refractivity contribution in [2.75, 3.05) is 18.9 Å². The van der Waals surface area contributed by atoms with E-state index in [9.17, 15) is 9.66 Å². The van der Waals surface area contributed by atoms with Crippen molar-refractivity contribution in [2.45, 2.75) is 25.5 Å². The molecule has 0 fully saturated rings. The molecule has 23 heavy (non-hydrogen) atoms. The molecule has 0 saturated heterocycles. The number of hydrogen-bond acceptors (Lipinski definition) is 7. The molecular weight excluding hydrogens is 318 g/mol. The van der Waals surface area contributed by atoms with Crippen LogP contribution in [0.5, 0.6) is 5.75 Å². The summed E-state index contributed by atoms with van der Waals surface area (Å²) in [4.78, 5) is 4.04. The molecule has 1 aromatic heterocycles. The van der Waals surface area contributed by atoms with Gasteiger partial charge in [0.1, 0.15) is 18.5 Å². The van der Waals surface area contributed by atoms with Gasteiger partial charge in [-0.15, -0.1) is 4.37 Å². The SMILES string of the molecule is CC(C)(N)c1ccccc1OCC(O)CN=c1[nH][s+]([O-])nc1N. The number of para-hydroxylation sites is 1. The summed E-state index contributed by atoms with van der Waals surface area (Å²) in [7, 11) is 0. The van der Waals surface area contributed by atoms with E-state index in [4.69, 9.17) is 16.2 Å². The lowest BCUT2D eigenvalue weighted by molar-refractivity contribution is 0.112. The first kappa shape index (κ1) is 17.4. The highest BCUT2D eigenvalue weighted by molar-refractivity contribution is 7.13. The first-order chi connectivity index (χ1) is 10.8. The van der Waals surface area contributed by atoms with E-state index in [1.54, 1.807) is 6.07 Å². The average Bonchev–Trinajstić information content (AvgIpc) is 2.80. The Bertz CT molecular complexity index is 720. The highest BCUT2D eigenvalue weighted by Crippen LogP contribution is 2.27. The second-order valence-electron chi connectivity index (χ2n) is 5.70. The van der Waals surface area contributed by atoms with Gasteiger partial charge in [-0.05, 0) is 19.9 Å². The number of rotatable bonds is 6. The maximum atomic E-state index is 11.1. The van der Waals surface area contributed by atoms with Crippen LogP contribution in [-0.4, -0.2) is 37.7 Å². The zero-order chi connectivity index (χ0) is 17.0. The fraction of sp³-hybridized carbons (Fsp3) is 0.429. The number of nitrogens with two attached hydrogens (primary N) is 2. The molecule has 2 rings (SSSR count). The smallest absolute Gasteiger partial charge is 0.229 e. The van der Waals surface area contributed by atoms with Gasteiger partial charge in [-0.25, -0.2) is 0 Å². The molecule has 0 amide bonds. The van der Waals surface area contributed by atoms with Crippen LogP contribution >= 0.6 is 11.1 Å². The van der Waals surface area contributed by atoms with Gasteiger partial charge in [-0.1, -0.05) is 18.2 Å². The molecule has 0 saturated carbocycles. The lowest BCUT2D eigenvalue weighted by Crippen LogP contribution is -2.30. The molecule has 2 unspecified atom stereocenters. The molecule has 0 aliphatic rings. The van der Waals surface area contributed by atoms with Crippen molar-refractivity contribution in [1.29, 1.82) is 0 Å². The number of nitrogens with zero attached hydrogens (tertiary/aromatic N) is 2. The average molecular weight is 339 g/mol. The monoisotopic (exact) mass is 339 g/mol. The molecule has 1 heterocycles. The number of aromatic amines is 1. The molecule has 0 aliphatic carbocycles. The highest BCUT2D eigenvalue weighted by atomic mass is 32.2. The summed E-state index contributed by atoms with van der Waals surface area (Å²) in [6.07, 6.45) is -0.847. The van der Waals surface area contributed by atoms with E-state index >= 15 is 0 Å². The van der Waals surface area contributed by atoms with Crippen LogP contribution in [-0.2, 0) is 5.54 Å². The Kier molecular flexibility index (Phi) is 5.37. The van der Waals surface area contributed by atoms with Crippen molar-refractivity contribution in [3.8, 4) is 5.75 Å². The predicted octanol–water partition coefficient (Wildman–Crippen LogP) is 0.254. The summed E-state index contributed by atoms with van der Waals surface area (Å²) in [5.41, 5.74) is 12.1. The minimum absolute atomic E-state index is 0.0456. The van der Waals surface area contributed by atoms with Gasteiger partial charge >= 0.3 is 0 Å². The Morgan fingerprint density at radius 3 is 2.78 bits per heavy atom. The molecule has 0 aliphatic heterocycles. The molecule has 0 radical (unpaired) electrons. The lowest BCUT2D eigenvalue weighted by Gasteiger charge is -2.23. The summed E-state index contributed by atoms with van der Waals surface area (Å²) < 4.78 is 22.8. The second kappa shape index (κ2) is 7.09. The van der Waals surface area contributed by atoms with Crippen LogP contribution < -0.4 is 21.7 Å². The molecular formula is C14H21N5O3S. The Balaban J connectivity index is 1.99. The number of aromatic nitrogens is 2. The number of benzene rings is 1. The Morgan fingerprint density at radius 2 is 2.17 bits per heavy atom. The van der Waals surface area contributed by atoms with Crippen LogP contribution in [0.15, 0.2) is 29.3 Å². The number of ether oxygens (including phenoxy) is 1. The van der Waals surface area contributed by atoms with Gasteiger partial charge in [0, 0.05) is 15.5 Å². The van der Waals surface area contributed by atoms with Crippen LogP contribution in [0.2, 0.25) is 0 Å². The van der Waals surface area contributed by atoms with Gasteiger partial charge in [-0.3, -0.25) is 4.99 Å². The molecule has 2 atom stereocenters. The Morgan fingerprint density at radius 1 is 1.48 bits per heavy atom. The van der Waals surface area contributed by atoms with E-state index in [0.29, 0.717) is 5.75 Å². The molecule has 1 aromatic carbocycles. The van der Waals surface area contributed by atoms with E-state index in [0.717, 1.165) is 5.56 Å². The summed E-state index contributed by atoms with van der Waals surface area (Å²) in [5.74, 6) is 0.680. The minimum Gasteiger partial charge on any atom is -0.548 e. The maximum Gasteiger partial charge on any atom is 0.229 e. The molecule has 2 aromatic rings. The molecule has 0 bridgehead atoms. The summed E-state index contributed by atoms with van der Waals surface area (Å²) >= 11 is -1.59. The highest BCUT2D eigenvalue weighted by Gasteiger charge is 2.19. The van der Waals surface area contributed by atoms with Gasteiger partial charge in [0.2, 0.25) is 11.3 Å². The van der Waals surface area contributed by atoms with Gasteiger partial charge < -0.3 is 25.9 Å². The summed E-state index contributed by atoms with van der Waals surface area (Å²) in [6, 6.07) is 7.41. The van der Waals surface area contributed by atoms with Crippen LogP contribution in [0.3, 0.4) is 0 Å². The second-order valence-corrected chi connectivity index (χ2v) is 6.58. The third kappa shape index (κ3) is 4.76. The normalized spacial score (nSPS) is 14.8. The van der Waals surface area contributed by atoms with Crippen molar-refractivity contribution >= 4 is 17.0 Å². The number of H-pyrrole nitrogens is 1. The molecule has 126 valence electrons. The van der Waals surface area contributed by atoms with E-state index in [1.807, 2.05) is 32.0 Å². The van der Waals surface area contributed by atoms with Crippen LogP contribution in [0.1, 0.15) is 19.4 Å². The third-order valence-electron chi connectivity index (χ3n) is 3.08. The largest absolute Gasteiger partial charge is 0.548 e. The maximum absolute atomic E-state index is 11.1. The summed E-state index contributed by atoms with van der Waals surface area (Å²) in [5, 5.41) is 9.97. The number of hydrogen-bond donors (Lipinski definition) is 4. The van der Waals surface area contributed by atoms with Gasteiger partial charge in [0.25, 0.3) is 0 Å². The van der Waals surface area contributed by atoms with Crippen LogP contribution in [0.25, 0.3) is 0 Å². The zero-order valence-corrected chi connectivity index (χ0v) is 13.8.